The Balaban J connectivity index is 1.20. The lowest BCUT2D eigenvalue weighted by atomic mass is 10.1. The molecule has 4 heterocycles. The maximum atomic E-state index is 13.2. The highest BCUT2D eigenvalue weighted by Gasteiger charge is 2.37. The van der Waals surface area contributed by atoms with Crippen LogP contribution >= 0.6 is 11.3 Å². The van der Waals surface area contributed by atoms with E-state index in [2.05, 4.69) is 14.9 Å². The number of aromatic amines is 1. The molecule has 0 aliphatic carbocycles. The Labute approximate surface area is 184 Å². The van der Waals surface area contributed by atoms with Gasteiger partial charge in [-0.3, -0.25) is 14.5 Å². The van der Waals surface area contributed by atoms with Crippen LogP contribution in [0.25, 0.3) is 10.9 Å². The number of piperazine rings is 1. The molecule has 2 aliphatic rings. The second-order valence-corrected chi connectivity index (χ2v) is 8.93. The van der Waals surface area contributed by atoms with Crippen LogP contribution in [-0.2, 0) is 0 Å². The normalized spacial score (nSPS) is 17.7. The number of H-pyrrole nitrogens is 1. The van der Waals surface area contributed by atoms with Gasteiger partial charge >= 0.3 is 0 Å². The van der Waals surface area contributed by atoms with Crippen molar-refractivity contribution in [2.24, 2.45) is 0 Å². The number of rotatable bonds is 4. The van der Waals surface area contributed by atoms with E-state index in [0.717, 1.165) is 48.4 Å². The Morgan fingerprint density at radius 1 is 1.13 bits per heavy atom. The molecule has 0 atom stereocenters. The van der Waals surface area contributed by atoms with E-state index in [0.29, 0.717) is 29.8 Å². The zero-order valence-corrected chi connectivity index (χ0v) is 18.4. The van der Waals surface area contributed by atoms with Gasteiger partial charge in [-0.1, -0.05) is 12.1 Å². The van der Waals surface area contributed by atoms with Crippen molar-refractivity contribution in [1.29, 1.82) is 0 Å². The van der Waals surface area contributed by atoms with E-state index in [-0.39, 0.29) is 11.8 Å². The lowest BCUT2D eigenvalue weighted by Gasteiger charge is -2.47. The lowest BCUT2D eigenvalue weighted by Crippen LogP contribution is -2.64. The van der Waals surface area contributed by atoms with Gasteiger partial charge in [-0.25, -0.2) is 4.98 Å². The quantitative estimate of drug-likeness (QED) is 0.674. The third kappa shape index (κ3) is 3.47. The van der Waals surface area contributed by atoms with Crippen LogP contribution < -0.4 is 4.74 Å². The molecule has 162 valence electrons. The van der Waals surface area contributed by atoms with E-state index in [4.69, 9.17) is 4.74 Å². The van der Waals surface area contributed by atoms with Crippen molar-refractivity contribution in [2.45, 2.75) is 13.0 Å². The van der Waals surface area contributed by atoms with E-state index in [1.54, 1.807) is 13.3 Å². The molecule has 9 heteroatoms. The number of thiazole rings is 1. The van der Waals surface area contributed by atoms with Crippen LogP contribution in [0.15, 0.2) is 29.8 Å². The van der Waals surface area contributed by atoms with Crippen LogP contribution in [-0.4, -0.2) is 88.9 Å². The van der Waals surface area contributed by atoms with Crippen molar-refractivity contribution in [2.75, 3.05) is 46.4 Å². The monoisotopic (exact) mass is 439 g/mol. The van der Waals surface area contributed by atoms with Crippen molar-refractivity contribution in [3.8, 4) is 5.75 Å². The number of aromatic nitrogens is 2. The maximum Gasteiger partial charge on any atom is 0.282 e. The number of carbonyl (C=O) groups excluding carboxylic acids is 2. The fourth-order valence-corrected chi connectivity index (χ4v) is 5.08. The minimum Gasteiger partial charge on any atom is -0.495 e. The first-order valence-electron chi connectivity index (χ1n) is 10.4. The Morgan fingerprint density at radius 3 is 2.58 bits per heavy atom. The van der Waals surface area contributed by atoms with E-state index in [1.165, 1.54) is 11.3 Å². The number of nitrogens with zero attached hydrogens (tertiary/aromatic N) is 4. The van der Waals surface area contributed by atoms with Crippen LogP contribution in [0.1, 0.15) is 25.9 Å². The molecule has 2 amide bonds. The predicted molar refractivity (Wildman–Crippen MR) is 119 cm³/mol. The smallest absolute Gasteiger partial charge is 0.282 e. The first-order valence-corrected chi connectivity index (χ1v) is 11.3. The number of ether oxygens (including phenoxy) is 1. The zero-order chi connectivity index (χ0) is 21.5. The summed E-state index contributed by atoms with van der Waals surface area (Å²) in [7, 11) is 1.64. The highest BCUT2D eigenvalue weighted by molar-refractivity contribution is 7.11. The van der Waals surface area contributed by atoms with E-state index in [9.17, 15) is 9.59 Å². The number of amides is 2. The summed E-state index contributed by atoms with van der Waals surface area (Å²) in [5.74, 6) is 0.792. The third-order valence-electron chi connectivity index (χ3n) is 6.37. The van der Waals surface area contributed by atoms with Crippen LogP contribution in [0.4, 0.5) is 0 Å². The second-order valence-electron chi connectivity index (χ2n) is 8.04. The maximum absolute atomic E-state index is 13.2. The Bertz CT molecular complexity index is 1110. The molecule has 2 fully saturated rings. The molecule has 0 spiro atoms. The van der Waals surface area contributed by atoms with Crippen LogP contribution in [0.5, 0.6) is 5.75 Å². The van der Waals surface area contributed by atoms with Crippen LogP contribution in [0.2, 0.25) is 0 Å². The highest BCUT2D eigenvalue weighted by Crippen LogP contribution is 2.30. The molecule has 8 nitrogen and oxygen atoms in total. The fraction of sp³-hybridized carbons (Fsp3) is 0.409. The summed E-state index contributed by atoms with van der Waals surface area (Å²) in [6.07, 6.45) is 1.66. The minimum atomic E-state index is 0.0183. The first kappa shape index (κ1) is 20.0. The molecule has 1 N–H and O–H groups in total. The minimum absolute atomic E-state index is 0.0183. The third-order valence-corrected chi connectivity index (χ3v) is 7.13. The van der Waals surface area contributed by atoms with Crippen LogP contribution in [0.3, 0.4) is 0 Å². The van der Waals surface area contributed by atoms with Crippen molar-refractivity contribution in [3.05, 3.63) is 46.0 Å². The van der Waals surface area contributed by atoms with E-state index in [1.807, 2.05) is 40.3 Å². The van der Waals surface area contributed by atoms with Crippen molar-refractivity contribution in [3.63, 3.8) is 0 Å². The summed E-state index contributed by atoms with van der Waals surface area (Å²) in [6, 6.07) is 6.20. The van der Waals surface area contributed by atoms with E-state index < -0.39 is 0 Å². The summed E-state index contributed by atoms with van der Waals surface area (Å²) < 4.78 is 5.44. The molecule has 2 saturated heterocycles. The number of likely N-dealkylation sites (tertiary alicyclic amines) is 1. The molecule has 0 radical (unpaired) electrons. The number of hydrogen-bond acceptors (Lipinski definition) is 6. The molecular weight excluding hydrogens is 414 g/mol. The van der Waals surface area contributed by atoms with Gasteiger partial charge < -0.3 is 19.5 Å². The molecule has 0 saturated carbocycles. The lowest BCUT2D eigenvalue weighted by molar-refractivity contribution is 0.00841. The molecule has 2 aromatic heterocycles. The number of methoxy groups -OCH3 is 1. The molecule has 0 bridgehead atoms. The molecule has 3 aromatic rings. The molecule has 31 heavy (non-hydrogen) atoms. The van der Waals surface area contributed by atoms with Gasteiger partial charge in [0.2, 0.25) is 0 Å². The number of hydrogen-bond donors (Lipinski definition) is 1. The van der Waals surface area contributed by atoms with Gasteiger partial charge in [-0.2, -0.15) is 0 Å². The Morgan fingerprint density at radius 2 is 1.90 bits per heavy atom. The SMILES string of the molecule is COc1cccc2c(C)c(C(=O)N3CCN(C4CN(C(=O)c5nccs5)C4)CC3)[nH]c12. The average molecular weight is 440 g/mol. The van der Waals surface area contributed by atoms with Crippen molar-refractivity contribution in [1.82, 2.24) is 24.7 Å². The molecular formula is C22H25N5O3S. The number of benzene rings is 1. The van der Waals surface area contributed by atoms with Gasteiger partial charge in [0, 0.05) is 62.3 Å². The second kappa shape index (κ2) is 7.97. The number of aryl methyl sites for hydroxylation is 1. The van der Waals surface area contributed by atoms with Crippen molar-refractivity contribution < 1.29 is 14.3 Å². The van der Waals surface area contributed by atoms with E-state index >= 15 is 0 Å². The van der Waals surface area contributed by atoms with Gasteiger partial charge in [0.15, 0.2) is 5.01 Å². The Kier molecular flexibility index (Phi) is 5.15. The van der Waals surface area contributed by atoms with Crippen molar-refractivity contribution >= 4 is 34.1 Å². The van der Waals surface area contributed by atoms with Gasteiger partial charge in [0.1, 0.15) is 11.4 Å². The summed E-state index contributed by atoms with van der Waals surface area (Å²) in [5.41, 5.74) is 2.46. The largest absolute Gasteiger partial charge is 0.495 e. The van der Waals surface area contributed by atoms with Gasteiger partial charge in [-0.05, 0) is 18.6 Å². The van der Waals surface area contributed by atoms with Gasteiger partial charge in [-0.15, -0.1) is 11.3 Å². The Hall–Kier alpha value is -2.91. The average Bonchev–Trinajstić information content (AvgIpc) is 3.41. The first-order chi connectivity index (χ1) is 15.1. The molecule has 0 unspecified atom stereocenters. The number of nitrogens with one attached hydrogen (secondary N) is 1. The summed E-state index contributed by atoms with van der Waals surface area (Å²) in [6.45, 7) is 6.44. The number of carbonyl (C=O) groups is 2. The van der Waals surface area contributed by atoms with Gasteiger partial charge in [0.05, 0.1) is 12.6 Å². The fourth-order valence-electron chi connectivity index (χ4n) is 4.47. The summed E-state index contributed by atoms with van der Waals surface area (Å²) >= 11 is 1.38. The summed E-state index contributed by atoms with van der Waals surface area (Å²) in [5, 5.41) is 3.39. The number of para-hydroxylation sites is 1. The topological polar surface area (TPSA) is 81.8 Å². The number of fused-ring (bicyclic) bond motifs is 1. The molecule has 2 aliphatic heterocycles. The standard InChI is InChI=1S/C22H25N5O3S/c1-14-16-4-3-5-17(30-2)19(16)24-18(14)21(28)26-9-7-25(8-10-26)15-12-27(13-15)22(29)20-23-6-11-31-20/h3-6,11,15,24H,7-10,12-13H2,1-2H3. The molecule has 5 rings (SSSR count). The van der Waals surface area contributed by atoms with Gasteiger partial charge in [0.25, 0.3) is 11.8 Å². The van der Waals surface area contributed by atoms with Crippen LogP contribution in [0, 0.1) is 6.92 Å². The molecule has 1 aromatic carbocycles. The predicted octanol–water partition coefficient (Wildman–Crippen LogP) is 2.22. The zero-order valence-electron chi connectivity index (χ0n) is 17.6. The highest BCUT2D eigenvalue weighted by atomic mass is 32.1. The summed E-state index contributed by atoms with van der Waals surface area (Å²) in [4.78, 5) is 39.1.